The first-order valence-electron chi connectivity index (χ1n) is 8.20. The largest absolute Gasteiger partial charge is 0.393 e. The van der Waals surface area contributed by atoms with Crippen molar-refractivity contribution in [3.8, 4) is 0 Å². The summed E-state index contributed by atoms with van der Waals surface area (Å²) in [7, 11) is 0. The Kier molecular flexibility index (Phi) is 2.81. The number of fused-ring (bicyclic) bond motifs is 4. The van der Waals surface area contributed by atoms with E-state index in [1.54, 1.807) is 0 Å². The fourth-order valence-corrected chi connectivity index (χ4v) is 5.59. The van der Waals surface area contributed by atoms with E-state index >= 15 is 0 Å². The number of aliphatic hydroxyl groups is 1. The third-order valence-electron chi connectivity index (χ3n) is 6.77. The van der Waals surface area contributed by atoms with Gasteiger partial charge in [0.1, 0.15) is 0 Å². The zero-order valence-corrected chi connectivity index (χ0v) is 12.5. The summed E-state index contributed by atoms with van der Waals surface area (Å²) < 4.78 is 0. The van der Waals surface area contributed by atoms with Gasteiger partial charge in [-0.2, -0.15) is 0 Å². The molecule has 0 radical (unpaired) electrons. The summed E-state index contributed by atoms with van der Waals surface area (Å²) in [5.41, 5.74) is 1.99. The Morgan fingerprint density at radius 2 is 1.95 bits per heavy atom. The second-order valence-electron chi connectivity index (χ2n) is 7.51. The van der Waals surface area contributed by atoms with Gasteiger partial charge in [-0.05, 0) is 73.3 Å². The van der Waals surface area contributed by atoms with Crippen molar-refractivity contribution in [1.29, 1.82) is 0 Å². The van der Waals surface area contributed by atoms with Crippen molar-refractivity contribution in [1.82, 2.24) is 0 Å². The Labute approximate surface area is 125 Å². The number of hydrogen-bond acceptors (Lipinski definition) is 3. The van der Waals surface area contributed by atoms with Crippen LogP contribution in [0.1, 0.15) is 45.4 Å². The fourth-order valence-electron chi connectivity index (χ4n) is 5.59. The first kappa shape index (κ1) is 13.4. The molecule has 2 fully saturated rings. The third-order valence-corrected chi connectivity index (χ3v) is 6.77. The maximum atomic E-state index is 12.1. The van der Waals surface area contributed by atoms with Crippen molar-refractivity contribution in [2.24, 2.45) is 23.2 Å². The van der Waals surface area contributed by atoms with Crippen LogP contribution >= 0.6 is 0 Å². The second kappa shape index (κ2) is 4.39. The molecule has 0 saturated heterocycles. The van der Waals surface area contributed by atoms with Gasteiger partial charge in [0.2, 0.25) is 11.6 Å². The van der Waals surface area contributed by atoms with Gasteiger partial charge in [-0.3, -0.25) is 9.59 Å². The molecule has 3 nitrogen and oxygen atoms in total. The molecule has 4 aliphatic rings. The van der Waals surface area contributed by atoms with E-state index in [0.717, 1.165) is 49.7 Å². The average molecular weight is 286 g/mol. The summed E-state index contributed by atoms with van der Waals surface area (Å²) in [6, 6.07) is 0. The number of Topliss-reactive ketones (excluding diaryl/α,β-unsaturated/α-hetero) is 1. The molecule has 0 amide bonds. The van der Waals surface area contributed by atoms with Gasteiger partial charge in [0, 0.05) is 5.57 Å². The maximum absolute atomic E-state index is 12.1. The lowest BCUT2D eigenvalue weighted by Crippen LogP contribution is -2.45. The molecule has 4 rings (SSSR count). The smallest absolute Gasteiger partial charge is 0.229 e. The van der Waals surface area contributed by atoms with Gasteiger partial charge in [0.05, 0.1) is 6.10 Å². The van der Waals surface area contributed by atoms with Crippen molar-refractivity contribution >= 4 is 11.6 Å². The van der Waals surface area contributed by atoms with E-state index in [2.05, 4.69) is 6.92 Å². The first-order valence-corrected chi connectivity index (χ1v) is 8.20. The van der Waals surface area contributed by atoms with Crippen LogP contribution in [0.5, 0.6) is 0 Å². The van der Waals surface area contributed by atoms with E-state index in [0.29, 0.717) is 17.8 Å². The molecule has 21 heavy (non-hydrogen) atoms. The minimum atomic E-state index is -0.357. The number of allylic oxidation sites excluding steroid dienone is 4. The van der Waals surface area contributed by atoms with Crippen LogP contribution in [0.4, 0.5) is 0 Å². The topological polar surface area (TPSA) is 54.4 Å². The number of ketones is 2. The molecule has 0 aliphatic heterocycles. The summed E-state index contributed by atoms with van der Waals surface area (Å²) in [6.45, 7) is 2.25. The van der Waals surface area contributed by atoms with Gasteiger partial charge in [-0.25, -0.2) is 0 Å². The van der Waals surface area contributed by atoms with Gasteiger partial charge in [0.15, 0.2) is 0 Å². The number of carbonyl (C=O) groups excluding carboxylic acids is 2. The van der Waals surface area contributed by atoms with Crippen LogP contribution in [0.2, 0.25) is 0 Å². The first-order chi connectivity index (χ1) is 10.0. The Morgan fingerprint density at radius 3 is 2.76 bits per heavy atom. The summed E-state index contributed by atoms with van der Waals surface area (Å²) in [6.07, 6.45) is 9.06. The lowest BCUT2D eigenvalue weighted by Gasteiger charge is -2.50. The molecule has 5 atom stereocenters. The van der Waals surface area contributed by atoms with Crippen molar-refractivity contribution < 1.29 is 14.7 Å². The molecule has 4 aliphatic carbocycles. The van der Waals surface area contributed by atoms with Crippen LogP contribution in [0, 0.1) is 23.2 Å². The van der Waals surface area contributed by atoms with Crippen molar-refractivity contribution in [3.63, 3.8) is 0 Å². The molecule has 5 unspecified atom stereocenters. The van der Waals surface area contributed by atoms with E-state index in [-0.39, 0.29) is 23.1 Å². The van der Waals surface area contributed by atoms with Crippen LogP contribution in [0.15, 0.2) is 23.3 Å². The molecule has 0 bridgehead atoms. The van der Waals surface area contributed by atoms with Gasteiger partial charge < -0.3 is 5.11 Å². The zero-order valence-electron chi connectivity index (χ0n) is 12.5. The molecular formula is C18H22O3. The highest BCUT2D eigenvalue weighted by molar-refractivity contribution is 6.48. The SMILES string of the molecule is CC12CCC3C4=C(CCC3C1CCC2O)C(=O)C(=O)C=C4. The molecule has 3 heteroatoms. The quantitative estimate of drug-likeness (QED) is 0.550. The monoisotopic (exact) mass is 286 g/mol. The highest BCUT2D eigenvalue weighted by Crippen LogP contribution is 2.60. The van der Waals surface area contributed by atoms with Crippen molar-refractivity contribution in [3.05, 3.63) is 23.3 Å². The van der Waals surface area contributed by atoms with E-state index < -0.39 is 0 Å². The van der Waals surface area contributed by atoms with Gasteiger partial charge >= 0.3 is 0 Å². The Hall–Kier alpha value is -1.22. The van der Waals surface area contributed by atoms with Crippen LogP contribution in [-0.4, -0.2) is 22.8 Å². The Bertz CT molecular complexity index is 585. The van der Waals surface area contributed by atoms with Crippen LogP contribution in [-0.2, 0) is 9.59 Å². The van der Waals surface area contributed by atoms with E-state index in [4.69, 9.17) is 0 Å². The van der Waals surface area contributed by atoms with Gasteiger partial charge in [0.25, 0.3) is 0 Å². The van der Waals surface area contributed by atoms with Crippen LogP contribution < -0.4 is 0 Å². The molecule has 2 saturated carbocycles. The predicted molar refractivity (Wildman–Crippen MR) is 78.5 cm³/mol. The molecule has 0 heterocycles. The van der Waals surface area contributed by atoms with Crippen molar-refractivity contribution in [2.75, 3.05) is 0 Å². The highest BCUT2D eigenvalue weighted by Gasteiger charge is 2.55. The van der Waals surface area contributed by atoms with Gasteiger partial charge in [-0.1, -0.05) is 13.0 Å². The van der Waals surface area contributed by atoms with Crippen LogP contribution in [0.25, 0.3) is 0 Å². The van der Waals surface area contributed by atoms with Crippen molar-refractivity contribution in [2.45, 2.75) is 51.6 Å². The maximum Gasteiger partial charge on any atom is 0.229 e. The van der Waals surface area contributed by atoms with E-state index in [9.17, 15) is 14.7 Å². The number of rotatable bonds is 0. The molecular weight excluding hydrogens is 264 g/mol. The van der Waals surface area contributed by atoms with Crippen LogP contribution in [0.3, 0.4) is 0 Å². The fraction of sp³-hybridized carbons (Fsp3) is 0.667. The third kappa shape index (κ3) is 1.70. The summed E-state index contributed by atoms with van der Waals surface area (Å²) in [5.74, 6) is 0.937. The average Bonchev–Trinajstić information content (AvgIpc) is 2.78. The van der Waals surface area contributed by atoms with E-state index in [1.807, 2.05) is 6.08 Å². The lowest BCUT2D eigenvalue weighted by molar-refractivity contribution is -0.132. The predicted octanol–water partition coefficient (Wildman–Crippen LogP) is 2.59. The molecule has 0 aromatic carbocycles. The molecule has 0 aromatic rings. The number of aliphatic hydroxyl groups excluding tert-OH is 1. The normalized spacial score (nSPS) is 45.4. The standard InChI is InChI=1S/C18H22O3/c1-18-9-8-11-10-4-6-15(19)17(21)13(10)3-2-12(11)14(18)5-7-16(18)20/h4,6,11-12,14,16,20H,2-3,5,7-9H2,1H3. The zero-order chi connectivity index (χ0) is 14.8. The lowest BCUT2D eigenvalue weighted by atomic mass is 9.54. The molecule has 1 N–H and O–H groups in total. The summed E-state index contributed by atoms with van der Waals surface area (Å²) in [5, 5.41) is 10.4. The second-order valence-corrected chi connectivity index (χ2v) is 7.51. The number of carbonyl (C=O) groups is 2. The summed E-state index contributed by atoms with van der Waals surface area (Å²) in [4.78, 5) is 23.7. The molecule has 0 aromatic heterocycles. The number of hydrogen-bond donors (Lipinski definition) is 1. The van der Waals surface area contributed by atoms with Gasteiger partial charge in [-0.15, -0.1) is 0 Å². The summed E-state index contributed by atoms with van der Waals surface area (Å²) >= 11 is 0. The minimum Gasteiger partial charge on any atom is -0.393 e. The molecule has 0 spiro atoms. The Morgan fingerprint density at radius 1 is 1.14 bits per heavy atom. The highest BCUT2D eigenvalue weighted by atomic mass is 16.3. The molecule has 112 valence electrons. The Balaban J connectivity index is 1.71. The minimum absolute atomic E-state index is 0.0669. The van der Waals surface area contributed by atoms with E-state index in [1.165, 1.54) is 6.08 Å².